The summed E-state index contributed by atoms with van der Waals surface area (Å²) in [6.07, 6.45) is 3.01. The second kappa shape index (κ2) is 5.14. The van der Waals surface area contributed by atoms with Crippen molar-refractivity contribution in [1.29, 1.82) is 0 Å². The molecule has 0 atom stereocenters. The summed E-state index contributed by atoms with van der Waals surface area (Å²) in [6.45, 7) is 3.23. The minimum absolute atomic E-state index is 0.344. The fourth-order valence-electron chi connectivity index (χ4n) is 3.11. The van der Waals surface area contributed by atoms with E-state index in [9.17, 15) is 9.90 Å². The number of carbonyl (C=O) groups excluding carboxylic acids is 1. The number of primary amides is 1. The van der Waals surface area contributed by atoms with Gasteiger partial charge in [-0.2, -0.15) is 0 Å². The number of amides is 1. The predicted molar refractivity (Wildman–Crippen MR) is 89.7 cm³/mol. The Bertz CT molecular complexity index is 776. The molecule has 0 unspecified atom stereocenters. The number of nitrogens with two attached hydrogens (primary N) is 1. The largest absolute Gasteiger partial charge is 0.380 e. The zero-order valence-electron chi connectivity index (χ0n) is 13.1. The predicted octanol–water partition coefficient (Wildman–Crippen LogP) is 1.69. The first-order valence-electron chi connectivity index (χ1n) is 8.01. The molecule has 2 fully saturated rings. The molecule has 1 aliphatic heterocycles. The van der Waals surface area contributed by atoms with Crippen LogP contribution in [0.25, 0.3) is 10.2 Å². The lowest BCUT2D eigenvalue weighted by molar-refractivity contribution is -0.138. The van der Waals surface area contributed by atoms with Gasteiger partial charge >= 0.3 is 0 Å². The normalized spacial score (nSPS) is 20.9. The van der Waals surface area contributed by atoms with E-state index in [1.165, 1.54) is 5.56 Å². The molecule has 2 aromatic rings. The number of rotatable bonds is 3. The fourth-order valence-corrected chi connectivity index (χ4v) is 4.11. The summed E-state index contributed by atoms with van der Waals surface area (Å²) < 4.78 is 1.09. The van der Waals surface area contributed by atoms with Crippen LogP contribution in [0, 0.1) is 6.92 Å². The lowest BCUT2D eigenvalue weighted by Crippen LogP contribution is -2.52. The molecule has 1 saturated carbocycles. The Morgan fingerprint density at radius 3 is 2.70 bits per heavy atom. The summed E-state index contributed by atoms with van der Waals surface area (Å²) in [6, 6.07) is 0. The van der Waals surface area contributed by atoms with Crippen molar-refractivity contribution in [3.05, 3.63) is 16.8 Å². The van der Waals surface area contributed by atoms with Gasteiger partial charge in [-0.3, -0.25) is 4.79 Å². The lowest BCUT2D eigenvalue weighted by Gasteiger charge is -2.36. The van der Waals surface area contributed by atoms with Crippen molar-refractivity contribution in [2.45, 2.75) is 44.1 Å². The lowest BCUT2D eigenvalue weighted by atomic mass is 9.91. The minimum atomic E-state index is -1.38. The van der Waals surface area contributed by atoms with Crippen molar-refractivity contribution in [1.82, 2.24) is 9.97 Å². The van der Waals surface area contributed by atoms with Crippen LogP contribution in [0.3, 0.4) is 0 Å². The van der Waals surface area contributed by atoms with E-state index in [1.807, 2.05) is 0 Å². The van der Waals surface area contributed by atoms with Gasteiger partial charge in [-0.25, -0.2) is 9.97 Å². The van der Waals surface area contributed by atoms with Crippen LogP contribution in [-0.4, -0.2) is 39.7 Å². The van der Waals surface area contributed by atoms with Crippen LogP contribution in [-0.2, 0) is 4.79 Å². The number of hydrogen-bond donors (Lipinski definition) is 2. The average Bonchev–Trinajstić information content (AvgIpc) is 3.32. The molecular weight excluding hydrogens is 312 g/mol. The summed E-state index contributed by atoms with van der Waals surface area (Å²) in [5.74, 6) is 1.74. The molecule has 3 N–H and O–H groups in total. The maximum absolute atomic E-state index is 11.4. The van der Waals surface area contributed by atoms with Gasteiger partial charge in [-0.15, -0.1) is 11.3 Å². The number of nitrogens with zero attached hydrogens (tertiary/aromatic N) is 3. The average molecular weight is 332 g/mol. The highest BCUT2D eigenvalue weighted by molar-refractivity contribution is 7.18. The van der Waals surface area contributed by atoms with E-state index in [-0.39, 0.29) is 0 Å². The van der Waals surface area contributed by atoms with E-state index in [4.69, 9.17) is 15.7 Å². The molecule has 7 heteroatoms. The van der Waals surface area contributed by atoms with Crippen LogP contribution >= 0.6 is 11.3 Å². The molecule has 6 nitrogen and oxygen atoms in total. The Kier molecular flexibility index (Phi) is 3.32. The molecule has 2 aromatic heterocycles. The van der Waals surface area contributed by atoms with Crippen molar-refractivity contribution < 1.29 is 9.90 Å². The van der Waals surface area contributed by atoms with Gasteiger partial charge in [0.1, 0.15) is 17.2 Å². The summed E-state index contributed by atoms with van der Waals surface area (Å²) in [4.78, 5) is 23.2. The number of aromatic nitrogens is 2. The quantitative estimate of drug-likeness (QED) is 0.892. The van der Waals surface area contributed by atoms with E-state index in [2.05, 4.69) is 17.2 Å². The maximum atomic E-state index is 11.4. The van der Waals surface area contributed by atoms with Gasteiger partial charge in [0.25, 0.3) is 0 Å². The Morgan fingerprint density at radius 2 is 2.09 bits per heavy atom. The summed E-state index contributed by atoms with van der Waals surface area (Å²) in [7, 11) is 0. The summed E-state index contributed by atoms with van der Waals surface area (Å²) in [5, 5.41) is 12.4. The monoisotopic (exact) mass is 332 g/mol. The van der Waals surface area contributed by atoms with Gasteiger partial charge in [-0.1, -0.05) is 0 Å². The number of hydrogen-bond acceptors (Lipinski definition) is 6. The minimum Gasteiger partial charge on any atom is -0.380 e. The standard InChI is InChI=1S/C16H20N4O2S/c1-9-8-23-12-11(9)18-13(10-2-3-10)19-14(12)20-6-4-16(22,5-7-20)15(17)21/h8,10,22H,2-7H2,1H3,(H2,17,21). The van der Waals surface area contributed by atoms with Crippen molar-refractivity contribution in [3.63, 3.8) is 0 Å². The Morgan fingerprint density at radius 1 is 1.39 bits per heavy atom. The van der Waals surface area contributed by atoms with Crippen LogP contribution in [0.2, 0.25) is 0 Å². The van der Waals surface area contributed by atoms with Gasteiger partial charge in [0.05, 0.1) is 10.2 Å². The zero-order valence-corrected chi connectivity index (χ0v) is 13.9. The van der Waals surface area contributed by atoms with Gasteiger partial charge in [0.15, 0.2) is 0 Å². The van der Waals surface area contributed by atoms with E-state index >= 15 is 0 Å². The van der Waals surface area contributed by atoms with E-state index in [0.29, 0.717) is 31.8 Å². The van der Waals surface area contributed by atoms with Crippen molar-refractivity contribution in [2.75, 3.05) is 18.0 Å². The molecule has 3 heterocycles. The second-order valence-electron chi connectivity index (χ2n) is 6.66. The third kappa shape index (κ3) is 2.48. The number of carbonyl (C=O) groups is 1. The second-order valence-corrected chi connectivity index (χ2v) is 7.54. The van der Waals surface area contributed by atoms with Gasteiger partial charge in [0, 0.05) is 31.8 Å². The molecule has 0 radical (unpaired) electrons. The molecule has 23 heavy (non-hydrogen) atoms. The van der Waals surface area contributed by atoms with Gasteiger partial charge in [0.2, 0.25) is 5.91 Å². The summed E-state index contributed by atoms with van der Waals surface area (Å²) in [5.41, 5.74) is 6.16. The van der Waals surface area contributed by atoms with Crippen molar-refractivity contribution >= 4 is 33.3 Å². The molecule has 4 rings (SSSR count). The number of anilines is 1. The summed E-state index contributed by atoms with van der Waals surface area (Å²) >= 11 is 1.66. The topological polar surface area (TPSA) is 92.3 Å². The maximum Gasteiger partial charge on any atom is 0.249 e. The zero-order chi connectivity index (χ0) is 16.2. The number of aryl methyl sites for hydroxylation is 1. The van der Waals surface area contributed by atoms with Crippen LogP contribution in [0.1, 0.15) is 43.0 Å². The van der Waals surface area contributed by atoms with Crippen molar-refractivity contribution in [2.24, 2.45) is 5.73 Å². The smallest absolute Gasteiger partial charge is 0.249 e. The molecule has 1 amide bonds. The molecule has 1 saturated heterocycles. The highest BCUT2D eigenvalue weighted by Crippen LogP contribution is 2.42. The van der Waals surface area contributed by atoms with Crippen LogP contribution < -0.4 is 10.6 Å². The number of aliphatic hydroxyl groups is 1. The van der Waals surface area contributed by atoms with Crippen molar-refractivity contribution in [3.8, 4) is 0 Å². The highest BCUT2D eigenvalue weighted by atomic mass is 32.1. The van der Waals surface area contributed by atoms with E-state index in [1.54, 1.807) is 11.3 Å². The highest BCUT2D eigenvalue weighted by Gasteiger charge is 2.39. The first kappa shape index (κ1) is 14.8. The van der Waals surface area contributed by atoms with E-state index < -0.39 is 11.5 Å². The Labute approximate surface area is 138 Å². The number of thiophene rings is 1. The van der Waals surface area contributed by atoms with E-state index in [0.717, 1.165) is 34.7 Å². The van der Waals surface area contributed by atoms with Gasteiger partial charge < -0.3 is 15.7 Å². The Hall–Kier alpha value is -1.73. The molecular formula is C16H20N4O2S. The fraction of sp³-hybridized carbons (Fsp3) is 0.562. The van der Waals surface area contributed by atoms with Crippen LogP contribution in [0.5, 0.6) is 0 Å². The van der Waals surface area contributed by atoms with Crippen LogP contribution in [0.15, 0.2) is 5.38 Å². The molecule has 1 aliphatic carbocycles. The van der Waals surface area contributed by atoms with Gasteiger partial charge in [-0.05, 0) is 30.7 Å². The molecule has 0 bridgehead atoms. The SMILES string of the molecule is Cc1csc2c(N3CCC(O)(C(N)=O)CC3)nc(C3CC3)nc12. The Balaban J connectivity index is 1.70. The molecule has 0 spiro atoms. The van der Waals surface area contributed by atoms with Crippen LogP contribution in [0.4, 0.5) is 5.82 Å². The molecule has 0 aromatic carbocycles. The first-order valence-corrected chi connectivity index (χ1v) is 8.89. The first-order chi connectivity index (χ1) is 11.0. The number of piperidine rings is 1. The molecule has 2 aliphatic rings. The third-order valence-electron chi connectivity index (χ3n) is 4.88. The third-order valence-corrected chi connectivity index (χ3v) is 5.97. The number of fused-ring (bicyclic) bond motifs is 1. The molecule has 122 valence electrons.